The van der Waals surface area contributed by atoms with Gasteiger partial charge in [-0.2, -0.15) is 13.2 Å². The van der Waals surface area contributed by atoms with Gasteiger partial charge in [-0.1, -0.05) is 5.16 Å². The average molecular weight is 303 g/mol. The highest BCUT2D eigenvalue weighted by Crippen LogP contribution is 2.32. The summed E-state index contributed by atoms with van der Waals surface area (Å²) >= 11 is 0. The number of hydrogen-bond acceptors (Lipinski definition) is 5. The number of aromatic nitrogens is 1. The number of likely N-dealkylation sites (tertiary alicyclic amines) is 1. The molecule has 1 aromatic rings. The molecule has 1 aromatic heterocycles. The third-order valence-electron chi connectivity index (χ3n) is 2.81. The van der Waals surface area contributed by atoms with E-state index in [0.717, 1.165) is 23.4 Å². The average Bonchev–Trinajstić information content (AvgIpc) is 2.41. The van der Waals surface area contributed by atoms with Gasteiger partial charge >= 0.3 is 6.18 Å². The van der Waals surface area contributed by atoms with Crippen LogP contribution in [0.4, 0.5) is 13.2 Å². The van der Waals surface area contributed by atoms with Crippen molar-refractivity contribution in [3.8, 4) is 0 Å². The number of alkyl halides is 3. The molecule has 0 aliphatic carbocycles. The Morgan fingerprint density at radius 2 is 2.29 bits per heavy atom. The molecule has 0 radical (unpaired) electrons. The molecule has 21 heavy (non-hydrogen) atoms. The normalized spacial score (nSPS) is 16.8. The Bertz CT molecular complexity index is 560. The lowest BCUT2D eigenvalue weighted by atomic mass is 10.1. The van der Waals surface area contributed by atoms with E-state index in [-0.39, 0.29) is 19.2 Å². The molecule has 0 spiro atoms. The number of hydrogen-bond donors (Lipinski definition) is 0. The van der Waals surface area contributed by atoms with E-state index in [4.69, 9.17) is 4.84 Å². The van der Waals surface area contributed by atoms with Gasteiger partial charge < -0.3 is 9.57 Å². The van der Waals surface area contributed by atoms with Crippen LogP contribution in [0.3, 0.4) is 0 Å². The zero-order valence-electron chi connectivity index (χ0n) is 11.1. The lowest BCUT2D eigenvalue weighted by molar-refractivity contribution is -0.138. The van der Waals surface area contributed by atoms with Gasteiger partial charge in [0.1, 0.15) is 0 Å². The van der Waals surface area contributed by atoms with E-state index in [9.17, 15) is 18.0 Å². The van der Waals surface area contributed by atoms with E-state index in [1.807, 2.05) is 0 Å². The first kappa shape index (κ1) is 15.2. The van der Waals surface area contributed by atoms with Crippen molar-refractivity contribution >= 4 is 11.7 Å². The number of amidine groups is 1. The number of pyridine rings is 1. The van der Waals surface area contributed by atoms with Gasteiger partial charge in [-0.25, -0.2) is 0 Å². The number of carbonyl (C=O) groups is 1. The van der Waals surface area contributed by atoms with E-state index in [1.54, 1.807) is 0 Å². The quantitative estimate of drug-likeness (QED) is 0.484. The Morgan fingerprint density at radius 3 is 2.86 bits per heavy atom. The molecule has 0 atom stereocenters. The number of carbonyl (C=O) groups excluding carboxylic acids is 1. The Labute approximate surface area is 118 Å². The Balaban J connectivity index is 2.20. The molecule has 0 aromatic carbocycles. The molecule has 0 N–H and O–H groups in total. The van der Waals surface area contributed by atoms with Crippen molar-refractivity contribution in [1.29, 1.82) is 0 Å². The highest BCUT2D eigenvalue weighted by atomic mass is 19.4. The zero-order valence-corrected chi connectivity index (χ0v) is 11.1. The second kappa shape index (κ2) is 6.08. The fourth-order valence-corrected chi connectivity index (χ4v) is 1.75. The van der Waals surface area contributed by atoms with Gasteiger partial charge in [0.05, 0.1) is 11.1 Å². The maximum Gasteiger partial charge on any atom is 0.417 e. The van der Waals surface area contributed by atoms with Crippen LogP contribution in [0.1, 0.15) is 22.3 Å². The summed E-state index contributed by atoms with van der Waals surface area (Å²) in [4.78, 5) is 21.6. The van der Waals surface area contributed by atoms with Crippen molar-refractivity contribution in [2.75, 3.05) is 20.4 Å². The summed E-state index contributed by atoms with van der Waals surface area (Å²) in [5.74, 6) is -0.546. The van der Waals surface area contributed by atoms with Gasteiger partial charge in [0.2, 0.25) is 6.79 Å². The van der Waals surface area contributed by atoms with Crippen molar-refractivity contribution in [2.45, 2.75) is 12.6 Å². The molecule has 0 unspecified atom stereocenters. The maximum atomic E-state index is 12.9. The van der Waals surface area contributed by atoms with Crippen molar-refractivity contribution in [1.82, 2.24) is 9.88 Å². The Kier molecular flexibility index (Phi) is 4.41. The Morgan fingerprint density at radius 1 is 1.52 bits per heavy atom. The summed E-state index contributed by atoms with van der Waals surface area (Å²) in [5.41, 5.74) is -1.53. The minimum absolute atomic E-state index is 0.105. The minimum atomic E-state index is -4.62. The number of ether oxygens (including phenoxy) is 1. The van der Waals surface area contributed by atoms with Crippen LogP contribution >= 0.6 is 0 Å². The summed E-state index contributed by atoms with van der Waals surface area (Å²) in [6.45, 7) is 0.173. The molecule has 0 bridgehead atoms. The SMILES string of the molecule is COCON=C1CCN1C(=O)c1cnccc1C(F)(F)F. The standard InChI is InChI=1S/C12H12F3N3O3/c1-20-7-21-17-10-3-5-18(10)11(19)8-6-16-4-2-9(8)12(13,14)15/h2,4,6H,3,5,7H2,1H3. The van der Waals surface area contributed by atoms with E-state index in [2.05, 4.69) is 14.9 Å². The van der Waals surface area contributed by atoms with Gasteiger partial charge in [0.25, 0.3) is 5.91 Å². The second-order valence-electron chi connectivity index (χ2n) is 4.17. The van der Waals surface area contributed by atoms with Gasteiger partial charge in [0.15, 0.2) is 5.84 Å². The highest BCUT2D eigenvalue weighted by Gasteiger charge is 2.38. The number of methoxy groups -OCH3 is 1. The number of oxime groups is 1. The first-order chi connectivity index (χ1) is 9.95. The van der Waals surface area contributed by atoms with Crippen LogP contribution in [0, 0.1) is 0 Å². The largest absolute Gasteiger partial charge is 0.417 e. The number of rotatable bonds is 4. The van der Waals surface area contributed by atoms with Crippen molar-refractivity contribution in [2.24, 2.45) is 5.16 Å². The molecule has 114 valence electrons. The minimum Gasteiger partial charge on any atom is -0.365 e. The summed E-state index contributed by atoms with van der Waals surface area (Å²) in [5, 5.41) is 3.63. The van der Waals surface area contributed by atoms with Gasteiger partial charge in [-0.05, 0) is 6.07 Å². The van der Waals surface area contributed by atoms with Crippen LogP contribution < -0.4 is 0 Å². The molecule has 1 fully saturated rings. The second-order valence-corrected chi connectivity index (χ2v) is 4.17. The molecule has 1 aliphatic heterocycles. The molecule has 2 heterocycles. The van der Waals surface area contributed by atoms with Crippen LogP contribution in [0.15, 0.2) is 23.6 Å². The van der Waals surface area contributed by atoms with E-state index >= 15 is 0 Å². The molecule has 0 saturated carbocycles. The van der Waals surface area contributed by atoms with Crippen molar-refractivity contribution in [3.63, 3.8) is 0 Å². The van der Waals surface area contributed by atoms with Crippen LogP contribution in [0.5, 0.6) is 0 Å². The topological polar surface area (TPSA) is 64.0 Å². The maximum absolute atomic E-state index is 12.9. The number of halogens is 3. The first-order valence-corrected chi connectivity index (χ1v) is 5.96. The number of nitrogens with zero attached hydrogens (tertiary/aromatic N) is 3. The van der Waals surface area contributed by atoms with Crippen LogP contribution in [-0.4, -0.2) is 42.1 Å². The summed E-state index contributed by atoms with van der Waals surface area (Å²) in [6.07, 6.45) is -2.29. The predicted molar refractivity (Wildman–Crippen MR) is 65.3 cm³/mol. The molecular formula is C12H12F3N3O3. The molecule has 1 aliphatic rings. The van der Waals surface area contributed by atoms with Crippen LogP contribution in [0.25, 0.3) is 0 Å². The highest BCUT2D eigenvalue weighted by molar-refractivity contribution is 6.09. The smallest absolute Gasteiger partial charge is 0.365 e. The first-order valence-electron chi connectivity index (χ1n) is 5.96. The summed E-state index contributed by atoms with van der Waals surface area (Å²) in [7, 11) is 1.40. The molecule has 1 saturated heterocycles. The third-order valence-corrected chi connectivity index (χ3v) is 2.81. The molecule has 6 nitrogen and oxygen atoms in total. The zero-order chi connectivity index (χ0) is 15.5. The monoisotopic (exact) mass is 303 g/mol. The van der Waals surface area contributed by atoms with Gasteiger partial charge in [-0.15, -0.1) is 0 Å². The summed E-state index contributed by atoms with van der Waals surface area (Å²) < 4.78 is 43.2. The third kappa shape index (κ3) is 3.30. The lowest BCUT2D eigenvalue weighted by Crippen LogP contribution is -2.48. The summed E-state index contributed by atoms with van der Waals surface area (Å²) in [6, 6.07) is 0.769. The fourth-order valence-electron chi connectivity index (χ4n) is 1.75. The molecule has 2 rings (SSSR count). The molecule has 1 amide bonds. The molecule has 9 heteroatoms. The van der Waals surface area contributed by atoms with E-state index < -0.39 is 23.2 Å². The van der Waals surface area contributed by atoms with E-state index in [0.29, 0.717) is 6.42 Å². The Hall–Kier alpha value is -2.16. The van der Waals surface area contributed by atoms with Crippen LogP contribution in [0.2, 0.25) is 0 Å². The van der Waals surface area contributed by atoms with Crippen molar-refractivity contribution in [3.05, 3.63) is 29.6 Å². The van der Waals surface area contributed by atoms with Crippen LogP contribution in [-0.2, 0) is 15.8 Å². The lowest BCUT2D eigenvalue weighted by Gasteiger charge is -2.32. The van der Waals surface area contributed by atoms with Gasteiger partial charge in [0, 0.05) is 32.5 Å². The van der Waals surface area contributed by atoms with Gasteiger partial charge in [-0.3, -0.25) is 14.7 Å². The predicted octanol–water partition coefficient (Wildman–Crippen LogP) is 1.88. The van der Waals surface area contributed by atoms with E-state index in [1.165, 1.54) is 7.11 Å². The number of amides is 1. The fraction of sp³-hybridized carbons (Fsp3) is 0.417. The van der Waals surface area contributed by atoms with Crippen molar-refractivity contribution < 1.29 is 27.5 Å². The molecular weight excluding hydrogens is 291 g/mol.